The normalized spacial score (nSPS) is 12.3. The van der Waals surface area contributed by atoms with Gasteiger partial charge in [0.1, 0.15) is 5.82 Å². The number of aliphatic hydroxyl groups is 1. The van der Waals surface area contributed by atoms with Crippen LogP contribution in [-0.2, 0) is 6.42 Å². The molecule has 0 saturated heterocycles. The van der Waals surface area contributed by atoms with Gasteiger partial charge < -0.3 is 21.1 Å². The lowest BCUT2D eigenvalue weighted by atomic mass is 9.94. The predicted molar refractivity (Wildman–Crippen MR) is 117 cm³/mol. The number of nitrogens with zero attached hydrogens (tertiary/aromatic N) is 1. The van der Waals surface area contributed by atoms with Crippen molar-refractivity contribution in [2.75, 3.05) is 12.3 Å². The molecule has 1 aromatic carbocycles. The van der Waals surface area contributed by atoms with Gasteiger partial charge in [-0.15, -0.1) is 24.8 Å². The molecule has 5 nitrogen and oxygen atoms in total. The van der Waals surface area contributed by atoms with Crippen LogP contribution in [0.4, 0.5) is 5.82 Å². The first-order valence-corrected chi connectivity index (χ1v) is 8.62. The molecule has 0 radical (unpaired) electrons. The van der Waals surface area contributed by atoms with Gasteiger partial charge >= 0.3 is 0 Å². The molecular formula is C19H25Cl3N4O. The first kappa shape index (κ1) is 23.5. The Hall–Kier alpha value is -1.50. The Kier molecular flexibility index (Phi) is 8.39. The summed E-state index contributed by atoms with van der Waals surface area (Å²) >= 11 is 5.98. The molecule has 0 amide bonds. The molecule has 0 saturated carbocycles. The molecule has 1 atom stereocenters. The standard InChI is InChI=1S/C19H23ClN4O.2ClH/c1-19(2,8-13-10-22-16-6-4-3-5-14(13)16)24-11-17(25)12-7-15(20)18(21)23-9-12;;/h3-7,9-10,17,22,24-25H,8,11H2,1-2H3,(H2,21,23);2*1H. The van der Waals surface area contributed by atoms with E-state index >= 15 is 0 Å². The zero-order valence-corrected chi connectivity index (χ0v) is 17.6. The molecule has 0 aliphatic carbocycles. The second-order valence-electron chi connectivity index (χ2n) is 6.95. The number of hydrogen-bond acceptors (Lipinski definition) is 4. The van der Waals surface area contributed by atoms with Crippen molar-refractivity contribution in [2.45, 2.75) is 31.9 Å². The van der Waals surface area contributed by atoms with Gasteiger partial charge in [0, 0.05) is 40.9 Å². The van der Waals surface area contributed by atoms with E-state index in [4.69, 9.17) is 17.3 Å². The van der Waals surface area contributed by atoms with Crippen LogP contribution in [-0.4, -0.2) is 27.2 Å². The van der Waals surface area contributed by atoms with Crippen LogP contribution < -0.4 is 11.1 Å². The quantitative estimate of drug-likeness (QED) is 0.469. The van der Waals surface area contributed by atoms with Crippen LogP contribution in [0.25, 0.3) is 10.9 Å². The van der Waals surface area contributed by atoms with Crippen molar-refractivity contribution in [2.24, 2.45) is 0 Å². The third-order valence-corrected chi connectivity index (χ3v) is 4.66. The van der Waals surface area contributed by atoms with E-state index in [-0.39, 0.29) is 36.2 Å². The number of para-hydroxylation sites is 1. The monoisotopic (exact) mass is 430 g/mol. The summed E-state index contributed by atoms with van der Waals surface area (Å²) in [6.07, 6.45) is 3.74. The fourth-order valence-corrected chi connectivity index (χ4v) is 3.13. The van der Waals surface area contributed by atoms with Gasteiger partial charge in [0.15, 0.2) is 0 Å². The van der Waals surface area contributed by atoms with Crippen LogP contribution in [0, 0.1) is 0 Å². The third-order valence-electron chi connectivity index (χ3n) is 4.36. The molecule has 2 heterocycles. The number of nitrogens with one attached hydrogen (secondary N) is 2. The van der Waals surface area contributed by atoms with Gasteiger partial charge in [0.2, 0.25) is 0 Å². The average molecular weight is 432 g/mol. The topological polar surface area (TPSA) is 87.0 Å². The second kappa shape index (κ2) is 9.62. The molecule has 5 N–H and O–H groups in total. The molecule has 8 heteroatoms. The molecule has 0 fully saturated rings. The molecule has 148 valence electrons. The Morgan fingerprint density at radius 3 is 2.70 bits per heavy atom. The van der Waals surface area contributed by atoms with Gasteiger partial charge in [-0.1, -0.05) is 29.8 Å². The van der Waals surface area contributed by atoms with Gasteiger partial charge in [-0.2, -0.15) is 0 Å². The van der Waals surface area contributed by atoms with E-state index < -0.39 is 6.10 Å². The maximum atomic E-state index is 10.4. The van der Waals surface area contributed by atoms with E-state index in [0.29, 0.717) is 17.1 Å². The van der Waals surface area contributed by atoms with Gasteiger partial charge in [-0.3, -0.25) is 0 Å². The highest BCUT2D eigenvalue weighted by molar-refractivity contribution is 6.32. The van der Waals surface area contributed by atoms with Crippen LogP contribution >= 0.6 is 36.4 Å². The molecule has 3 aromatic rings. The number of hydrogen-bond donors (Lipinski definition) is 4. The van der Waals surface area contributed by atoms with Gasteiger partial charge in [0.25, 0.3) is 0 Å². The van der Waals surface area contributed by atoms with Gasteiger partial charge in [-0.05, 0) is 38.0 Å². The van der Waals surface area contributed by atoms with Crippen molar-refractivity contribution in [1.29, 1.82) is 0 Å². The lowest BCUT2D eigenvalue weighted by Crippen LogP contribution is -2.43. The molecule has 1 unspecified atom stereocenters. The minimum atomic E-state index is -0.701. The summed E-state index contributed by atoms with van der Waals surface area (Å²) in [5, 5.41) is 15.4. The smallest absolute Gasteiger partial charge is 0.142 e. The van der Waals surface area contributed by atoms with Crippen molar-refractivity contribution in [3.63, 3.8) is 0 Å². The van der Waals surface area contributed by atoms with Crippen molar-refractivity contribution in [1.82, 2.24) is 15.3 Å². The first-order chi connectivity index (χ1) is 11.9. The number of nitrogens with two attached hydrogens (primary N) is 1. The fourth-order valence-electron chi connectivity index (χ4n) is 2.95. The first-order valence-electron chi connectivity index (χ1n) is 8.25. The maximum absolute atomic E-state index is 10.4. The number of anilines is 1. The summed E-state index contributed by atoms with van der Waals surface area (Å²) in [5.74, 6) is 0.269. The summed E-state index contributed by atoms with van der Waals surface area (Å²) in [6.45, 7) is 4.64. The SMILES string of the molecule is CC(C)(Cc1c[nH]c2ccccc12)NCC(O)c1cnc(N)c(Cl)c1.Cl.Cl. The largest absolute Gasteiger partial charge is 0.387 e. The number of nitrogen functional groups attached to an aromatic ring is 1. The lowest BCUT2D eigenvalue weighted by Gasteiger charge is -2.28. The highest BCUT2D eigenvalue weighted by atomic mass is 35.5. The molecule has 0 aliphatic rings. The Labute approximate surface area is 176 Å². The molecule has 0 spiro atoms. The van der Waals surface area contributed by atoms with Crippen molar-refractivity contribution in [3.8, 4) is 0 Å². The number of H-pyrrole nitrogens is 1. The number of aliphatic hydroxyl groups excluding tert-OH is 1. The molecule has 0 aliphatic heterocycles. The van der Waals surface area contributed by atoms with E-state index in [1.54, 1.807) is 12.3 Å². The van der Waals surface area contributed by atoms with E-state index in [9.17, 15) is 5.11 Å². The maximum Gasteiger partial charge on any atom is 0.142 e. The third kappa shape index (κ3) is 5.74. The minimum absolute atomic E-state index is 0. The highest BCUT2D eigenvalue weighted by Crippen LogP contribution is 2.24. The molecule has 3 rings (SSSR count). The summed E-state index contributed by atoms with van der Waals surface area (Å²) in [5.41, 5.74) is 8.46. The number of aromatic nitrogens is 2. The minimum Gasteiger partial charge on any atom is -0.387 e. The van der Waals surface area contributed by atoms with Crippen LogP contribution in [0.5, 0.6) is 0 Å². The predicted octanol–water partition coefficient (Wildman–Crippen LogP) is 4.29. The average Bonchev–Trinajstić information content (AvgIpc) is 2.98. The number of pyridine rings is 1. The van der Waals surface area contributed by atoms with Crippen molar-refractivity contribution in [3.05, 3.63) is 58.9 Å². The van der Waals surface area contributed by atoms with Crippen LogP contribution in [0.15, 0.2) is 42.7 Å². The second-order valence-corrected chi connectivity index (χ2v) is 7.36. The van der Waals surface area contributed by atoms with Crippen LogP contribution in [0.2, 0.25) is 5.02 Å². The Morgan fingerprint density at radius 2 is 2.00 bits per heavy atom. The fraction of sp³-hybridized carbons (Fsp3) is 0.316. The number of halogens is 3. The highest BCUT2D eigenvalue weighted by Gasteiger charge is 2.21. The summed E-state index contributed by atoms with van der Waals surface area (Å²) in [6, 6.07) is 9.91. The Balaban J connectivity index is 0.00000182. The number of β-amino-alcohol motifs (C(OH)–C–C–N with tert-alkyl or cyclic N) is 1. The number of rotatable bonds is 6. The van der Waals surface area contributed by atoms with E-state index in [0.717, 1.165) is 11.9 Å². The Bertz CT molecular complexity index is 882. The molecular weight excluding hydrogens is 407 g/mol. The number of benzene rings is 1. The summed E-state index contributed by atoms with van der Waals surface area (Å²) in [4.78, 5) is 7.29. The van der Waals surface area contributed by atoms with Gasteiger partial charge in [-0.25, -0.2) is 4.98 Å². The Morgan fingerprint density at radius 1 is 1.30 bits per heavy atom. The van der Waals surface area contributed by atoms with Crippen molar-refractivity contribution >= 4 is 53.1 Å². The van der Waals surface area contributed by atoms with Crippen molar-refractivity contribution < 1.29 is 5.11 Å². The summed E-state index contributed by atoms with van der Waals surface area (Å²) < 4.78 is 0. The van der Waals surface area contributed by atoms with E-state index in [1.807, 2.05) is 18.3 Å². The molecule has 0 bridgehead atoms. The zero-order chi connectivity index (χ0) is 18.0. The zero-order valence-electron chi connectivity index (χ0n) is 15.2. The number of aromatic amines is 1. The lowest BCUT2D eigenvalue weighted by molar-refractivity contribution is 0.160. The van der Waals surface area contributed by atoms with Crippen LogP contribution in [0.3, 0.4) is 0 Å². The molecule has 2 aromatic heterocycles. The van der Waals surface area contributed by atoms with Gasteiger partial charge in [0.05, 0.1) is 11.1 Å². The van der Waals surface area contributed by atoms with Crippen LogP contribution in [0.1, 0.15) is 31.1 Å². The summed E-state index contributed by atoms with van der Waals surface area (Å²) in [7, 11) is 0. The number of fused-ring (bicyclic) bond motifs is 1. The molecule has 27 heavy (non-hydrogen) atoms. The van der Waals surface area contributed by atoms with E-state index in [1.165, 1.54) is 10.9 Å². The van der Waals surface area contributed by atoms with E-state index in [2.05, 4.69) is 41.3 Å².